The molecule has 0 saturated carbocycles. The number of unbranched alkanes of at least 4 members (excludes halogenated alkanes) is 1. The minimum atomic E-state index is -0.770. The highest BCUT2D eigenvalue weighted by molar-refractivity contribution is 6.61. The lowest BCUT2D eigenvalue weighted by molar-refractivity contribution is 0.0362. The predicted octanol–water partition coefficient (Wildman–Crippen LogP) is 2.57. The van der Waals surface area contributed by atoms with Crippen molar-refractivity contribution in [2.24, 2.45) is 0 Å². The van der Waals surface area contributed by atoms with Gasteiger partial charge in [0.1, 0.15) is 6.61 Å². The first-order valence-electron chi connectivity index (χ1n) is 4.05. The second-order valence-electron chi connectivity index (χ2n) is 2.55. The molecule has 0 bridgehead atoms. The molecule has 0 radical (unpaired) electrons. The second-order valence-corrected chi connectivity index (χ2v) is 2.86. The highest BCUT2D eigenvalue weighted by Crippen LogP contribution is 2.05. The molecule has 1 atom stereocenters. The Morgan fingerprint density at radius 2 is 2.25 bits per heavy atom. The number of methoxy groups -OCH3 is 1. The van der Waals surface area contributed by atoms with Crippen LogP contribution in [0, 0.1) is 0 Å². The third-order valence-electron chi connectivity index (χ3n) is 1.60. The van der Waals surface area contributed by atoms with Gasteiger partial charge in [-0.05, 0) is 6.42 Å². The maximum absolute atomic E-state index is 10.2. The standard InChI is InChI=1S/C8H15ClO3/c1-3-4-5-7(11-2)6-12-8(9)10/h7H,3-6H2,1-2H3. The van der Waals surface area contributed by atoms with Gasteiger partial charge in [-0.2, -0.15) is 0 Å². The summed E-state index contributed by atoms with van der Waals surface area (Å²) in [4.78, 5) is 10.2. The lowest BCUT2D eigenvalue weighted by Crippen LogP contribution is -2.18. The van der Waals surface area contributed by atoms with Crippen molar-refractivity contribution in [3.05, 3.63) is 0 Å². The van der Waals surface area contributed by atoms with Crippen LogP contribution >= 0.6 is 11.6 Å². The average Bonchev–Trinajstić information content (AvgIpc) is 2.05. The fourth-order valence-electron chi connectivity index (χ4n) is 0.859. The van der Waals surface area contributed by atoms with Crippen LogP contribution in [0.4, 0.5) is 4.79 Å². The molecular weight excluding hydrogens is 180 g/mol. The molecule has 0 fully saturated rings. The Bertz CT molecular complexity index is 127. The molecule has 0 aromatic carbocycles. The fraction of sp³-hybridized carbons (Fsp3) is 0.875. The number of rotatable bonds is 6. The molecule has 0 heterocycles. The Morgan fingerprint density at radius 3 is 2.67 bits per heavy atom. The van der Waals surface area contributed by atoms with Gasteiger partial charge < -0.3 is 9.47 Å². The third kappa shape index (κ3) is 6.43. The molecule has 3 nitrogen and oxygen atoms in total. The molecular formula is C8H15ClO3. The molecule has 72 valence electrons. The van der Waals surface area contributed by atoms with E-state index in [4.69, 9.17) is 16.3 Å². The number of halogens is 1. The first-order chi connectivity index (χ1) is 5.70. The van der Waals surface area contributed by atoms with E-state index in [-0.39, 0.29) is 12.7 Å². The van der Waals surface area contributed by atoms with Crippen LogP contribution < -0.4 is 0 Å². The van der Waals surface area contributed by atoms with E-state index in [2.05, 4.69) is 11.7 Å². The first-order valence-corrected chi connectivity index (χ1v) is 4.43. The Morgan fingerprint density at radius 1 is 1.58 bits per heavy atom. The van der Waals surface area contributed by atoms with E-state index in [1.54, 1.807) is 7.11 Å². The summed E-state index contributed by atoms with van der Waals surface area (Å²) < 4.78 is 9.66. The molecule has 0 aliphatic heterocycles. The molecule has 1 unspecified atom stereocenters. The Kier molecular flexibility index (Phi) is 7.20. The topological polar surface area (TPSA) is 35.5 Å². The number of ether oxygens (including phenoxy) is 2. The summed E-state index contributed by atoms with van der Waals surface area (Å²) in [5.74, 6) is 0. The van der Waals surface area contributed by atoms with Crippen molar-refractivity contribution >= 4 is 17.0 Å². The van der Waals surface area contributed by atoms with Crippen molar-refractivity contribution in [1.29, 1.82) is 0 Å². The summed E-state index contributed by atoms with van der Waals surface area (Å²) >= 11 is 5.00. The van der Waals surface area contributed by atoms with Crippen molar-refractivity contribution in [3.63, 3.8) is 0 Å². The number of carbonyl (C=O) groups excluding carboxylic acids is 1. The largest absolute Gasteiger partial charge is 0.451 e. The predicted molar refractivity (Wildman–Crippen MR) is 47.5 cm³/mol. The van der Waals surface area contributed by atoms with Gasteiger partial charge in [0, 0.05) is 18.7 Å². The van der Waals surface area contributed by atoms with E-state index in [1.165, 1.54) is 0 Å². The van der Waals surface area contributed by atoms with Gasteiger partial charge in [0.15, 0.2) is 0 Å². The van der Waals surface area contributed by atoms with Gasteiger partial charge in [-0.15, -0.1) is 0 Å². The van der Waals surface area contributed by atoms with Crippen LogP contribution in [0.2, 0.25) is 0 Å². The van der Waals surface area contributed by atoms with E-state index >= 15 is 0 Å². The summed E-state index contributed by atoms with van der Waals surface area (Å²) in [6.45, 7) is 2.35. The highest BCUT2D eigenvalue weighted by Gasteiger charge is 2.08. The Balaban J connectivity index is 3.45. The summed E-state index contributed by atoms with van der Waals surface area (Å²) in [5.41, 5.74) is -0.770. The molecule has 12 heavy (non-hydrogen) atoms. The SMILES string of the molecule is CCCCC(COC(=O)Cl)OC. The number of hydrogen-bond donors (Lipinski definition) is 0. The second kappa shape index (κ2) is 7.37. The van der Waals surface area contributed by atoms with Gasteiger partial charge in [0.2, 0.25) is 0 Å². The minimum Gasteiger partial charge on any atom is -0.451 e. The summed E-state index contributed by atoms with van der Waals surface area (Å²) in [6, 6.07) is 0. The molecule has 0 rings (SSSR count). The van der Waals surface area contributed by atoms with Crippen LogP contribution in [0.3, 0.4) is 0 Å². The van der Waals surface area contributed by atoms with E-state index in [0.29, 0.717) is 0 Å². The monoisotopic (exact) mass is 194 g/mol. The zero-order valence-corrected chi connectivity index (χ0v) is 8.26. The van der Waals surface area contributed by atoms with Gasteiger partial charge in [-0.1, -0.05) is 19.8 Å². The van der Waals surface area contributed by atoms with Gasteiger partial charge in [0.25, 0.3) is 0 Å². The molecule has 0 spiro atoms. The van der Waals surface area contributed by atoms with Crippen LogP contribution in [-0.4, -0.2) is 25.2 Å². The van der Waals surface area contributed by atoms with Crippen molar-refractivity contribution in [1.82, 2.24) is 0 Å². The van der Waals surface area contributed by atoms with E-state index in [1.807, 2.05) is 0 Å². The quantitative estimate of drug-likeness (QED) is 0.610. The number of carbonyl (C=O) groups is 1. The Hall–Kier alpha value is -0.280. The smallest absolute Gasteiger partial charge is 0.403 e. The maximum Gasteiger partial charge on any atom is 0.403 e. The van der Waals surface area contributed by atoms with Crippen LogP contribution in [-0.2, 0) is 9.47 Å². The normalized spacial score (nSPS) is 12.6. The van der Waals surface area contributed by atoms with Gasteiger partial charge in [-0.25, -0.2) is 4.79 Å². The minimum absolute atomic E-state index is 0.0207. The molecule has 0 aromatic rings. The molecule has 0 aliphatic rings. The zero-order valence-electron chi connectivity index (χ0n) is 7.51. The van der Waals surface area contributed by atoms with Crippen LogP contribution in [0.1, 0.15) is 26.2 Å². The van der Waals surface area contributed by atoms with Crippen molar-refractivity contribution < 1.29 is 14.3 Å². The first kappa shape index (κ1) is 11.7. The summed E-state index contributed by atoms with van der Waals surface area (Å²) in [5, 5.41) is 0. The van der Waals surface area contributed by atoms with Crippen molar-refractivity contribution in [2.45, 2.75) is 32.3 Å². The van der Waals surface area contributed by atoms with Gasteiger partial charge in [0.05, 0.1) is 6.10 Å². The van der Waals surface area contributed by atoms with Crippen LogP contribution in [0.25, 0.3) is 0 Å². The number of hydrogen-bond acceptors (Lipinski definition) is 3. The summed E-state index contributed by atoms with van der Waals surface area (Å²) in [6.07, 6.45) is 3.05. The fourth-order valence-corrected chi connectivity index (χ4v) is 0.922. The average molecular weight is 195 g/mol. The maximum atomic E-state index is 10.2. The lowest BCUT2D eigenvalue weighted by Gasteiger charge is -2.13. The van der Waals surface area contributed by atoms with Crippen LogP contribution in [0.15, 0.2) is 0 Å². The van der Waals surface area contributed by atoms with E-state index in [9.17, 15) is 4.79 Å². The highest BCUT2D eigenvalue weighted by atomic mass is 35.5. The molecule has 0 aromatic heterocycles. The van der Waals surface area contributed by atoms with Gasteiger partial charge >= 0.3 is 5.43 Å². The van der Waals surface area contributed by atoms with E-state index in [0.717, 1.165) is 19.3 Å². The molecule has 0 amide bonds. The van der Waals surface area contributed by atoms with Gasteiger partial charge in [-0.3, -0.25) is 0 Å². The van der Waals surface area contributed by atoms with E-state index < -0.39 is 5.43 Å². The molecule has 4 heteroatoms. The van der Waals surface area contributed by atoms with Crippen molar-refractivity contribution in [2.75, 3.05) is 13.7 Å². The Labute approximate surface area is 78.0 Å². The summed E-state index contributed by atoms with van der Waals surface area (Å²) in [7, 11) is 1.60. The molecule has 0 N–H and O–H groups in total. The lowest BCUT2D eigenvalue weighted by atomic mass is 10.2. The molecule has 0 saturated heterocycles. The third-order valence-corrected chi connectivity index (χ3v) is 1.70. The van der Waals surface area contributed by atoms with Crippen molar-refractivity contribution in [3.8, 4) is 0 Å². The zero-order chi connectivity index (χ0) is 9.40. The van der Waals surface area contributed by atoms with Crippen LogP contribution in [0.5, 0.6) is 0 Å². The molecule has 0 aliphatic carbocycles.